The minimum atomic E-state index is -0.273. The van der Waals surface area contributed by atoms with E-state index in [9.17, 15) is 9.59 Å². The van der Waals surface area contributed by atoms with Crippen LogP contribution in [0.3, 0.4) is 0 Å². The molecule has 0 fully saturated rings. The van der Waals surface area contributed by atoms with Gasteiger partial charge in [0.25, 0.3) is 5.91 Å². The second-order valence-corrected chi connectivity index (χ2v) is 6.55. The topological polar surface area (TPSA) is 91.9 Å². The van der Waals surface area contributed by atoms with Crippen molar-refractivity contribution in [1.29, 1.82) is 0 Å². The summed E-state index contributed by atoms with van der Waals surface area (Å²) in [5.74, 6) is -0.225. The zero-order valence-corrected chi connectivity index (χ0v) is 15.0. The summed E-state index contributed by atoms with van der Waals surface area (Å²) < 4.78 is 0. The molecule has 0 saturated carbocycles. The van der Waals surface area contributed by atoms with Crippen molar-refractivity contribution >= 4 is 22.6 Å². The third kappa shape index (κ3) is 3.25. The maximum absolute atomic E-state index is 12.5. The van der Waals surface area contributed by atoms with E-state index in [2.05, 4.69) is 46.2 Å². The molecule has 0 aliphatic carbocycles. The second-order valence-electron chi connectivity index (χ2n) is 6.55. The molecular weight excluding hydrogens is 340 g/mol. The third-order valence-electron chi connectivity index (χ3n) is 4.60. The van der Waals surface area contributed by atoms with E-state index >= 15 is 0 Å². The summed E-state index contributed by atoms with van der Waals surface area (Å²) in [6.07, 6.45) is 1.70. The molecule has 6 heteroatoms. The van der Waals surface area contributed by atoms with Crippen LogP contribution in [-0.2, 0) is 0 Å². The van der Waals surface area contributed by atoms with Crippen molar-refractivity contribution in [3.05, 3.63) is 81.9 Å². The summed E-state index contributed by atoms with van der Waals surface area (Å²) >= 11 is 0. The highest BCUT2D eigenvalue weighted by Gasteiger charge is 2.15. The summed E-state index contributed by atoms with van der Waals surface area (Å²) in [5, 5.41) is 2.85. The summed E-state index contributed by atoms with van der Waals surface area (Å²) in [5.41, 5.74) is 6.67. The van der Waals surface area contributed by atoms with E-state index in [1.807, 2.05) is 12.1 Å². The van der Waals surface area contributed by atoms with E-state index < -0.39 is 0 Å². The predicted octanol–water partition coefficient (Wildman–Crippen LogP) is 3.21. The number of imidazole rings is 1. The lowest BCUT2D eigenvalue weighted by Gasteiger charge is -2.06. The van der Waals surface area contributed by atoms with Crippen LogP contribution in [0.2, 0.25) is 0 Å². The largest absolute Gasteiger partial charge is 0.323 e. The molecule has 0 spiro atoms. The smallest absolute Gasteiger partial charge is 0.322 e. The number of amides is 1. The number of hydrogen-bond acceptors (Lipinski definition) is 2. The van der Waals surface area contributed by atoms with Crippen molar-refractivity contribution in [2.75, 3.05) is 5.32 Å². The Morgan fingerprint density at radius 1 is 0.963 bits per heavy atom. The van der Waals surface area contributed by atoms with Gasteiger partial charge in [-0.2, -0.15) is 0 Å². The first-order valence-electron chi connectivity index (χ1n) is 8.63. The van der Waals surface area contributed by atoms with Crippen LogP contribution in [-0.4, -0.2) is 15.9 Å². The van der Waals surface area contributed by atoms with Gasteiger partial charge < -0.3 is 15.3 Å². The number of pyridine rings is 1. The Morgan fingerprint density at radius 3 is 2.41 bits per heavy atom. The zero-order chi connectivity index (χ0) is 19.0. The lowest BCUT2D eigenvalue weighted by molar-refractivity contribution is -0.364. The Balaban J connectivity index is 1.57. The molecule has 4 N–H and O–H groups in total. The molecule has 27 heavy (non-hydrogen) atoms. The monoisotopic (exact) mass is 359 g/mol. The Labute approximate surface area is 155 Å². The van der Waals surface area contributed by atoms with Gasteiger partial charge in [0.05, 0.1) is 16.6 Å². The van der Waals surface area contributed by atoms with Crippen LogP contribution < -0.4 is 16.0 Å². The molecule has 2 aromatic heterocycles. The molecule has 1 amide bonds. The van der Waals surface area contributed by atoms with Gasteiger partial charge in [-0.25, -0.2) is 9.78 Å². The van der Waals surface area contributed by atoms with Crippen molar-refractivity contribution in [2.24, 2.45) is 0 Å². The first-order valence-corrected chi connectivity index (χ1v) is 8.63. The number of aromatic amines is 3. The van der Waals surface area contributed by atoms with Gasteiger partial charge in [-0.1, -0.05) is 18.2 Å². The molecule has 0 unspecified atom stereocenters. The number of aromatic nitrogens is 3. The van der Waals surface area contributed by atoms with Gasteiger partial charge in [0.2, 0.25) is 5.69 Å². The number of hydrogen-bond donors (Lipinski definition) is 3. The molecule has 2 aromatic carbocycles. The average molecular weight is 359 g/mol. The second kappa shape index (κ2) is 6.57. The maximum Gasteiger partial charge on any atom is 0.323 e. The van der Waals surface area contributed by atoms with Gasteiger partial charge >= 0.3 is 5.69 Å². The molecule has 6 nitrogen and oxygen atoms in total. The molecule has 0 atom stereocenters. The first kappa shape index (κ1) is 16.8. The van der Waals surface area contributed by atoms with E-state index in [1.165, 1.54) is 11.1 Å². The van der Waals surface area contributed by atoms with Crippen LogP contribution in [0.1, 0.15) is 21.5 Å². The summed E-state index contributed by atoms with van der Waals surface area (Å²) in [7, 11) is 0. The molecule has 0 bridgehead atoms. The normalized spacial score (nSPS) is 10.9. The SMILES string of the molecule is Cc1cccc(C)c1-c1ccc(C(=O)Nc2ccc3[nH]c(=O)[nH]c3c2)c[nH+]1. The van der Waals surface area contributed by atoms with Gasteiger partial charge in [-0.05, 0) is 49.2 Å². The van der Waals surface area contributed by atoms with Crippen molar-refractivity contribution in [2.45, 2.75) is 13.8 Å². The lowest BCUT2D eigenvalue weighted by atomic mass is 9.99. The number of carbonyl (C=O) groups excluding carboxylic acids is 1. The van der Waals surface area contributed by atoms with Gasteiger partial charge in [0.15, 0.2) is 6.20 Å². The number of H-pyrrole nitrogens is 3. The Kier molecular flexibility index (Phi) is 4.08. The number of rotatable bonds is 3. The van der Waals surface area contributed by atoms with E-state index in [1.54, 1.807) is 30.5 Å². The van der Waals surface area contributed by atoms with Gasteiger partial charge in [-0.15, -0.1) is 0 Å². The number of fused-ring (bicyclic) bond motifs is 1. The fourth-order valence-corrected chi connectivity index (χ4v) is 3.27. The lowest BCUT2D eigenvalue weighted by Crippen LogP contribution is -2.17. The fraction of sp³-hybridized carbons (Fsp3) is 0.0952. The van der Waals surface area contributed by atoms with Gasteiger partial charge in [0, 0.05) is 11.8 Å². The number of aryl methyl sites for hydroxylation is 2. The number of nitrogens with one attached hydrogen (secondary N) is 4. The highest BCUT2D eigenvalue weighted by molar-refractivity contribution is 6.04. The molecular formula is C21H19N4O2+. The number of benzene rings is 2. The Bertz CT molecular complexity index is 1180. The van der Waals surface area contributed by atoms with E-state index in [0.717, 1.165) is 11.3 Å². The third-order valence-corrected chi connectivity index (χ3v) is 4.60. The van der Waals surface area contributed by atoms with Gasteiger partial charge in [-0.3, -0.25) is 4.79 Å². The minimum absolute atomic E-state index is 0.225. The van der Waals surface area contributed by atoms with E-state index in [0.29, 0.717) is 22.3 Å². The molecule has 0 saturated heterocycles. The summed E-state index contributed by atoms with van der Waals surface area (Å²) in [6.45, 7) is 4.14. The van der Waals surface area contributed by atoms with Gasteiger partial charge in [0.1, 0.15) is 5.56 Å². The van der Waals surface area contributed by atoms with Crippen LogP contribution in [0.4, 0.5) is 5.69 Å². The van der Waals surface area contributed by atoms with Crippen molar-refractivity contribution in [1.82, 2.24) is 9.97 Å². The van der Waals surface area contributed by atoms with E-state index in [-0.39, 0.29) is 11.6 Å². The van der Waals surface area contributed by atoms with Crippen LogP contribution in [0.15, 0.2) is 59.5 Å². The number of anilines is 1. The fourth-order valence-electron chi connectivity index (χ4n) is 3.27. The predicted molar refractivity (Wildman–Crippen MR) is 105 cm³/mol. The molecule has 0 radical (unpaired) electrons. The van der Waals surface area contributed by atoms with Crippen molar-refractivity contribution in [3.8, 4) is 11.3 Å². The van der Waals surface area contributed by atoms with Crippen LogP contribution in [0, 0.1) is 13.8 Å². The van der Waals surface area contributed by atoms with E-state index in [4.69, 9.17) is 0 Å². The minimum Gasteiger partial charge on any atom is -0.322 e. The average Bonchev–Trinajstić information content (AvgIpc) is 3.01. The van der Waals surface area contributed by atoms with Crippen molar-refractivity contribution in [3.63, 3.8) is 0 Å². The maximum atomic E-state index is 12.5. The zero-order valence-electron chi connectivity index (χ0n) is 15.0. The summed E-state index contributed by atoms with van der Waals surface area (Å²) in [6, 6.07) is 15.1. The Hall–Kier alpha value is -3.67. The standard InChI is InChI=1S/C21H18N4O2/c1-12-4-3-5-13(2)19(12)17-8-6-14(11-22-17)20(26)23-15-7-9-16-18(10-15)25-21(27)24-16/h3-11H,1-2H3,(H,23,26)(H2,24,25,27)/p+1. The number of carbonyl (C=O) groups is 1. The highest BCUT2D eigenvalue weighted by atomic mass is 16.2. The summed E-state index contributed by atoms with van der Waals surface area (Å²) in [4.78, 5) is 32.4. The van der Waals surface area contributed by atoms with Crippen LogP contribution in [0.25, 0.3) is 22.3 Å². The van der Waals surface area contributed by atoms with Crippen molar-refractivity contribution < 1.29 is 9.78 Å². The molecule has 2 heterocycles. The van der Waals surface area contributed by atoms with Crippen LogP contribution >= 0.6 is 0 Å². The molecule has 0 aliphatic heterocycles. The molecule has 134 valence electrons. The molecule has 0 aliphatic rings. The highest BCUT2D eigenvalue weighted by Crippen LogP contribution is 2.23. The Morgan fingerprint density at radius 2 is 1.70 bits per heavy atom. The molecule has 4 rings (SSSR count). The first-order chi connectivity index (χ1) is 13.0. The molecule has 4 aromatic rings. The van der Waals surface area contributed by atoms with Crippen LogP contribution in [0.5, 0.6) is 0 Å². The quantitative estimate of drug-likeness (QED) is 0.524.